The van der Waals surface area contributed by atoms with Gasteiger partial charge in [-0.1, -0.05) is 18.2 Å². The lowest BCUT2D eigenvalue weighted by molar-refractivity contribution is 0.0974. The zero-order valence-corrected chi connectivity index (χ0v) is 14.1. The first-order valence-electron chi connectivity index (χ1n) is 9.04. The molecule has 1 aromatic carbocycles. The van der Waals surface area contributed by atoms with E-state index in [2.05, 4.69) is 15.2 Å². The molecule has 2 aromatic heterocycles. The van der Waals surface area contributed by atoms with Crippen LogP contribution in [0.5, 0.6) is 0 Å². The molecule has 0 amide bonds. The third kappa shape index (κ3) is 2.74. The molecular formula is C20H21N5. The highest BCUT2D eigenvalue weighted by Gasteiger charge is 2.34. The van der Waals surface area contributed by atoms with E-state index in [1.165, 1.54) is 25.9 Å². The predicted molar refractivity (Wildman–Crippen MR) is 99.3 cm³/mol. The third-order valence-corrected chi connectivity index (χ3v) is 5.46. The van der Waals surface area contributed by atoms with Crippen LogP contribution in [-0.4, -0.2) is 45.5 Å². The molecule has 25 heavy (non-hydrogen) atoms. The van der Waals surface area contributed by atoms with Crippen molar-refractivity contribution in [3.05, 3.63) is 48.7 Å². The predicted octanol–water partition coefficient (Wildman–Crippen LogP) is 3.20. The molecule has 3 fully saturated rings. The molecular weight excluding hydrogens is 310 g/mol. The maximum atomic E-state index is 4.90. The van der Waals surface area contributed by atoms with Crippen molar-refractivity contribution in [1.82, 2.24) is 19.9 Å². The largest absolute Gasteiger partial charge is 0.364 e. The molecule has 1 N–H and O–H groups in total. The van der Waals surface area contributed by atoms with Crippen molar-refractivity contribution in [3.63, 3.8) is 0 Å². The lowest BCUT2D eigenvalue weighted by Gasteiger charge is -2.45. The van der Waals surface area contributed by atoms with Crippen molar-refractivity contribution < 1.29 is 0 Å². The van der Waals surface area contributed by atoms with Crippen LogP contribution in [0.2, 0.25) is 0 Å². The van der Waals surface area contributed by atoms with Crippen LogP contribution in [0.25, 0.3) is 22.4 Å². The topological polar surface area (TPSA) is 53.9 Å². The quantitative estimate of drug-likeness (QED) is 0.799. The Balaban J connectivity index is 1.58. The van der Waals surface area contributed by atoms with Gasteiger partial charge in [-0.3, -0.25) is 4.98 Å². The molecule has 1 unspecified atom stereocenters. The molecule has 5 heterocycles. The summed E-state index contributed by atoms with van der Waals surface area (Å²) in [6.45, 7) is 3.57. The first-order chi connectivity index (χ1) is 12.4. The summed E-state index contributed by atoms with van der Waals surface area (Å²) in [5.41, 5.74) is 3.54. The summed E-state index contributed by atoms with van der Waals surface area (Å²) < 4.78 is 0. The molecule has 0 aliphatic carbocycles. The third-order valence-electron chi connectivity index (χ3n) is 5.46. The summed E-state index contributed by atoms with van der Waals surface area (Å²) >= 11 is 0. The number of para-hydroxylation sites is 2. The number of piperidine rings is 3. The lowest BCUT2D eigenvalue weighted by atomic mass is 9.84. The molecule has 5 heteroatoms. The number of nitrogens with one attached hydrogen (secondary N) is 1. The first-order valence-corrected chi connectivity index (χ1v) is 9.04. The summed E-state index contributed by atoms with van der Waals surface area (Å²) in [5, 5.41) is 3.72. The molecule has 0 radical (unpaired) electrons. The summed E-state index contributed by atoms with van der Waals surface area (Å²) in [6, 6.07) is 14.4. The van der Waals surface area contributed by atoms with Crippen LogP contribution >= 0.6 is 0 Å². The fourth-order valence-corrected chi connectivity index (χ4v) is 4.09. The summed E-state index contributed by atoms with van der Waals surface area (Å²) in [7, 11) is 0. The number of anilines is 1. The van der Waals surface area contributed by atoms with Crippen LogP contribution in [0.1, 0.15) is 12.8 Å². The Morgan fingerprint density at radius 1 is 0.920 bits per heavy atom. The summed E-state index contributed by atoms with van der Waals surface area (Å²) in [4.78, 5) is 16.8. The van der Waals surface area contributed by atoms with Crippen molar-refractivity contribution in [2.24, 2.45) is 5.92 Å². The first kappa shape index (κ1) is 14.8. The van der Waals surface area contributed by atoms with Gasteiger partial charge in [-0.15, -0.1) is 0 Å². The molecule has 3 aromatic rings. The minimum Gasteiger partial charge on any atom is -0.364 e. The van der Waals surface area contributed by atoms with Gasteiger partial charge in [-0.2, -0.15) is 0 Å². The summed E-state index contributed by atoms with van der Waals surface area (Å²) in [5.74, 6) is 1.59. The van der Waals surface area contributed by atoms with Crippen LogP contribution in [0.3, 0.4) is 0 Å². The van der Waals surface area contributed by atoms with E-state index in [1.54, 1.807) is 0 Å². The Morgan fingerprint density at radius 2 is 1.68 bits per heavy atom. The van der Waals surface area contributed by atoms with E-state index in [9.17, 15) is 0 Å². The average Bonchev–Trinajstić information content (AvgIpc) is 2.69. The Morgan fingerprint density at radius 3 is 2.36 bits per heavy atom. The molecule has 0 spiro atoms. The minimum absolute atomic E-state index is 0.445. The van der Waals surface area contributed by atoms with E-state index in [4.69, 9.17) is 9.97 Å². The maximum Gasteiger partial charge on any atom is 0.155 e. The van der Waals surface area contributed by atoms with Crippen LogP contribution in [0.15, 0.2) is 48.7 Å². The van der Waals surface area contributed by atoms with Crippen LogP contribution in [-0.2, 0) is 0 Å². The Kier molecular flexibility index (Phi) is 3.59. The van der Waals surface area contributed by atoms with E-state index < -0.39 is 0 Å². The van der Waals surface area contributed by atoms with Gasteiger partial charge >= 0.3 is 0 Å². The fourth-order valence-electron chi connectivity index (χ4n) is 4.09. The van der Waals surface area contributed by atoms with E-state index in [0.29, 0.717) is 6.04 Å². The average molecular weight is 331 g/mol. The van der Waals surface area contributed by atoms with Crippen molar-refractivity contribution in [2.45, 2.75) is 18.9 Å². The number of pyridine rings is 1. The van der Waals surface area contributed by atoms with Crippen molar-refractivity contribution in [1.29, 1.82) is 0 Å². The monoisotopic (exact) mass is 331 g/mol. The number of nitrogens with zero attached hydrogens (tertiary/aromatic N) is 4. The van der Waals surface area contributed by atoms with Gasteiger partial charge in [0.1, 0.15) is 5.69 Å². The standard InChI is InChI=1S/C20H21N5/c1-2-6-16-15(5-1)22-19(17-7-3-4-10-21-17)20(23-16)24-18-13-25-11-8-14(18)9-12-25/h1-7,10,14,18H,8-9,11-13H2,(H,23,24). The van der Waals surface area contributed by atoms with Crippen molar-refractivity contribution in [3.8, 4) is 11.4 Å². The molecule has 2 bridgehead atoms. The van der Waals surface area contributed by atoms with Gasteiger partial charge in [0, 0.05) is 18.8 Å². The highest BCUT2D eigenvalue weighted by molar-refractivity contribution is 5.82. The molecule has 1 atom stereocenters. The second kappa shape index (κ2) is 6.08. The van der Waals surface area contributed by atoms with E-state index in [-0.39, 0.29) is 0 Å². The van der Waals surface area contributed by atoms with Gasteiger partial charge in [0.25, 0.3) is 0 Å². The van der Waals surface area contributed by atoms with Gasteiger partial charge in [0.05, 0.1) is 16.7 Å². The molecule has 5 nitrogen and oxygen atoms in total. The van der Waals surface area contributed by atoms with Gasteiger partial charge in [0.15, 0.2) is 5.82 Å². The molecule has 6 rings (SSSR count). The second-order valence-corrected chi connectivity index (χ2v) is 7.01. The van der Waals surface area contributed by atoms with Gasteiger partial charge in [0.2, 0.25) is 0 Å². The number of hydrogen-bond acceptors (Lipinski definition) is 5. The highest BCUT2D eigenvalue weighted by atomic mass is 15.2. The highest BCUT2D eigenvalue weighted by Crippen LogP contribution is 2.32. The zero-order valence-electron chi connectivity index (χ0n) is 14.1. The Labute approximate surface area is 147 Å². The number of fused-ring (bicyclic) bond motifs is 4. The molecule has 3 aliphatic heterocycles. The molecule has 0 saturated carbocycles. The smallest absolute Gasteiger partial charge is 0.155 e. The Hall–Kier alpha value is -2.53. The van der Waals surface area contributed by atoms with E-state index in [1.807, 2.05) is 48.7 Å². The van der Waals surface area contributed by atoms with Crippen molar-refractivity contribution >= 4 is 16.9 Å². The van der Waals surface area contributed by atoms with E-state index >= 15 is 0 Å². The maximum absolute atomic E-state index is 4.90. The normalized spacial score (nSPS) is 25.2. The lowest BCUT2D eigenvalue weighted by Crippen LogP contribution is -2.53. The number of hydrogen-bond donors (Lipinski definition) is 1. The fraction of sp³-hybridized carbons (Fsp3) is 0.350. The SMILES string of the molecule is c1ccc(-c2nc3ccccc3nc2NC2CN3CCC2CC3)nc1. The van der Waals surface area contributed by atoms with Crippen LogP contribution in [0, 0.1) is 5.92 Å². The van der Waals surface area contributed by atoms with Crippen LogP contribution < -0.4 is 5.32 Å². The second-order valence-electron chi connectivity index (χ2n) is 7.01. The molecule has 126 valence electrons. The number of benzene rings is 1. The molecule has 3 saturated heterocycles. The van der Waals surface area contributed by atoms with Gasteiger partial charge in [-0.05, 0) is 56.1 Å². The number of aromatic nitrogens is 3. The van der Waals surface area contributed by atoms with Gasteiger partial charge in [-0.25, -0.2) is 9.97 Å². The summed E-state index contributed by atoms with van der Waals surface area (Å²) in [6.07, 6.45) is 4.36. The Bertz CT molecular complexity index is 887. The number of rotatable bonds is 3. The molecule has 3 aliphatic rings. The zero-order chi connectivity index (χ0) is 16.6. The van der Waals surface area contributed by atoms with Gasteiger partial charge < -0.3 is 10.2 Å². The van der Waals surface area contributed by atoms with Crippen LogP contribution in [0.4, 0.5) is 5.82 Å². The van der Waals surface area contributed by atoms with Crippen molar-refractivity contribution in [2.75, 3.05) is 25.0 Å². The van der Waals surface area contributed by atoms with E-state index in [0.717, 1.165) is 40.7 Å². The minimum atomic E-state index is 0.445.